The Labute approximate surface area is 163 Å². The first kappa shape index (κ1) is 16.9. The van der Waals surface area contributed by atoms with Crippen LogP contribution >= 0.6 is 0 Å². The highest BCUT2D eigenvalue weighted by molar-refractivity contribution is 5.77. The third-order valence-corrected chi connectivity index (χ3v) is 5.32. The van der Waals surface area contributed by atoms with Gasteiger partial charge in [-0.25, -0.2) is 19.9 Å². The van der Waals surface area contributed by atoms with E-state index in [0.29, 0.717) is 0 Å². The summed E-state index contributed by atoms with van der Waals surface area (Å²) in [7, 11) is 0. The number of anilines is 2. The zero-order valence-electron chi connectivity index (χ0n) is 16.1. The van der Waals surface area contributed by atoms with E-state index in [9.17, 15) is 0 Å². The van der Waals surface area contributed by atoms with Crippen molar-refractivity contribution in [3.63, 3.8) is 0 Å². The number of aromatic nitrogens is 4. The van der Waals surface area contributed by atoms with Crippen molar-refractivity contribution in [3.8, 4) is 0 Å². The molecular formula is C22H22N6. The van der Waals surface area contributed by atoms with Crippen LogP contribution in [0.4, 0.5) is 11.6 Å². The lowest BCUT2D eigenvalue weighted by molar-refractivity contribution is 0.638. The normalized spacial score (nSPS) is 14.8. The molecule has 1 saturated heterocycles. The average molecular weight is 370 g/mol. The Bertz CT molecular complexity index is 1070. The topological polar surface area (TPSA) is 58.0 Å². The van der Waals surface area contributed by atoms with Crippen molar-refractivity contribution in [2.75, 3.05) is 36.0 Å². The van der Waals surface area contributed by atoms with Gasteiger partial charge in [0.05, 0.1) is 33.5 Å². The van der Waals surface area contributed by atoms with E-state index in [-0.39, 0.29) is 0 Å². The zero-order chi connectivity index (χ0) is 19.1. The quantitative estimate of drug-likeness (QED) is 0.538. The van der Waals surface area contributed by atoms with Crippen LogP contribution in [0.1, 0.15) is 11.4 Å². The summed E-state index contributed by atoms with van der Waals surface area (Å²) < 4.78 is 0. The molecule has 5 rings (SSSR count). The Morgan fingerprint density at radius 3 is 1.21 bits per heavy atom. The van der Waals surface area contributed by atoms with Crippen molar-refractivity contribution < 1.29 is 0 Å². The van der Waals surface area contributed by atoms with Gasteiger partial charge in [0, 0.05) is 26.2 Å². The van der Waals surface area contributed by atoms with E-state index in [2.05, 4.69) is 9.80 Å². The molecule has 1 aliphatic rings. The second-order valence-corrected chi connectivity index (χ2v) is 7.22. The predicted octanol–water partition coefficient (Wildman–Crippen LogP) is 3.52. The molecule has 6 heteroatoms. The Morgan fingerprint density at radius 2 is 0.857 bits per heavy atom. The number of hydrogen-bond donors (Lipinski definition) is 0. The first-order valence-corrected chi connectivity index (χ1v) is 9.66. The molecule has 3 heterocycles. The third kappa shape index (κ3) is 2.91. The molecule has 0 unspecified atom stereocenters. The van der Waals surface area contributed by atoms with Crippen LogP contribution in [-0.2, 0) is 0 Å². The van der Waals surface area contributed by atoms with Crippen LogP contribution in [0.25, 0.3) is 22.1 Å². The summed E-state index contributed by atoms with van der Waals surface area (Å²) in [6.45, 7) is 7.65. The van der Waals surface area contributed by atoms with Crippen molar-refractivity contribution in [2.24, 2.45) is 0 Å². The molecule has 0 saturated carbocycles. The number of para-hydroxylation sites is 4. The van der Waals surface area contributed by atoms with Gasteiger partial charge in [0.2, 0.25) is 0 Å². The van der Waals surface area contributed by atoms with Crippen molar-refractivity contribution >= 4 is 33.7 Å². The Hall–Kier alpha value is -3.28. The lowest BCUT2D eigenvalue weighted by Gasteiger charge is -2.36. The Morgan fingerprint density at radius 1 is 0.536 bits per heavy atom. The molecular weight excluding hydrogens is 348 g/mol. The lowest BCUT2D eigenvalue weighted by atomic mass is 10.2. The van der Waals surface area contributed by atoms with Crippen molar-refractivity contribution in [1.82, 2.24) is 19.9 Å². The molecule has 6 nitrogen and oxygen atoms in total. The van der Waals surface area contributed by atoms with Crippen LogP contribution in [-0.4, -0.2) is 46.1 Å². The van der Waals surface area contributed by atoms with Gasteiger partial charge in [-0.2, -0.15) is 0 Å². The molecule has 140 valence electrons. The highest BCUT2D eigenvalue weighted by Gasteiger charge is 2.23. The van der Waals surface area contributed by atoms with Gasteiger partial charge >= 0.3 is 0 Å². The van der Waals surface area contributed by atoms with Gasteiger partial charge in [-0.15, -0.1) is 0 Å². The van der Waals surface area contributed by atoms with E-state index in [1.54, 1.807) is 0 Å². The van der Waals surface area contributed by atoms with Crippen LogP contribution in [0, 0.1) is 13.8 Å². The van der Waals surface area contributed by atoms with Crippen LogP contribution < -0.4 is 9.80 Å². The van der Waals surface area contributed by atoms with Gasteiger partial charge in [0.1, 0.15) is 0 Å². The second kappa shape index (κ2) is 6.71. The average Bonchev–Trinajstić information content (AvgIpc) is 2.73. The Kier molecular flexibility index (Phi) is 4.04. The third-order valence-electron chi connectivity index (χ3n) is 5.32. The lowest BCUT2D eigenvalue weighted by Crippen LogP contribution is -2.47. The summed E-state index contributed by atoms with van der Waals surface area (Å²) in [5.74, 6) is 1.97. The van der Waals surface area contributed by atoms with E-state index in [4.69, 9.17) is 19.9 Å². The molecule has 0 N–H and O–H groups in total. The molecule has 0 atom stereocenters. The fraction of sp³-hybridized carbons (Fsp3) is 0.273. The summed E-state index contributed by atoms with van der Waals surface area (Å²) >= 11 is 0. The first-order valence-electron chi connectivity index (χ1n) is 9.66. The number of rotatable bonds is 2. The van der Waals surface area contributed by atoms with Gasteiger partial charge in [0.25, 0.3) is 0 Å². The SMILES string of the molecule is Cc1nc2ccccc2nc1N1CCN(c2nc3ccccc3nc2C)CC1. The maximum atomic E-state index is 4.87. The first-order chi connectivity index (χ1) is 13.7. The number of hydrogen-bond acceptors (Lipinski definition) is 6. The second-order valence-electron chi connectivity index (χ2n) is 7.22. The van der Waals surface area contributed by atoms with Gasteiger partial charge in [-0.3, -0.25) is 0 Å². The number of benzene rings is 2. The maximum Gasteiger partial charge on any atom is 0.150 e. The minimum Gasteiger partial charge on any atom is -0.352 e. The van der Waals surface area contributed by atoms with E-state index < -0.39 is 0 Å². The van der Waals surface area contributed by atoms with Crippen molar-refractivity contribution in [3.05, 3.63) is 59.9 Å². The van der Waals surface area contributed by atoms with E-state index in [0.717, 1.165) is 71.3 Å². The fourth-order valence-corrected chi connectivity index (χ4v) is 3.89. The van der Waals surface area contributed by atoms with Crippen molar-refractivity contribution in [1.29, 1.82) is 0 Å². The number of aryl methyl sites for hydroxylation is 2. The summed E-state index contributed by atoms with van der Waals surface area (Å²) in [5.41, 5.74) is 5.75. The summed E-state index contributed by atoms with van der Waals surface area (Å²) in [5, 5.41) is 0. The smallest absolute Gasteiger partial charge is 0.150 e. The predicted molar refractivity (Wildman–Crippen MR) is 113 cm³/mol. The maximum absolute atomic E-state index is 4.87. The van der Waals surface area contributed by atoms with Gasteiger partial charge < -0.3 is 9.80 Å². The summed E-state index contributed by atoms with van der Waals surface area (Å²) in [6, 6.07) is 16.1. The molecule has 28 heavy (non-hydrogen) atoms. The minimum absolute atomic E-state index is 0.891. The highest BCUT2D eigenvalue weighted by atomic mass is 15.3. The molecule has 0 amide bonds. The van der Waals surface area contributed by atoms with E-state index in [1.165, 1.54) is 0 Å². The van der Waals surface area contributed by atoms with Crippen LogP contribution in [0.15, 0.2) is 48.5 Å². The number of nitrogens with zero attached hydrogens (tertiary/aromatic N) is 6. The Balaban J connectivity index is 1.40. The largest absolute Gasteiger partial charge is 0.352 e. The molecule has 2 aromatic carbocycles. The molecule has 2 aromatic heterocycles. The van der Waals surface area contributed by atoms with Crippen molar-refractivity contribution in [2.45, 2.75) is 13.8 Å². The molecule has 0 spiro atoms. The van der Waals surface area contributed by atoms with Gasteiger partial charge in [-0.1, -0.05) is 24.3 Å². The van der Waals surface area contributed by atoms with Gasteiger partial charge in [0.15, 0.2) is 11.6 Å². The van der Waals surface area contributed by atoms with Crippen LogP contribution in [0.3, 0.4) is 0 Å². The molecule has 4 aromatic rings. The fourth-order valence-electron chi connectivity index (χ4n) is 3.89. The van der Waals surface area contributed by atoms with E-state index in [1.807, 2.05) is 62.4 Å². The van der Waals surface area contributed by atoms with Gasteiger partial charge in [-0.05, 0) is 38.1 Å². The molecule has 1 fully saturated rings. The molecule has 0 aliphatic carbocycles. The monoisotopic (exact) mass is 370 g/mol. The number of fused-ring (bicyclic) bond motifs is 2. The standard InChI is InChI=1S/C22H22N6/c1-15-21(25-19-9-5-3-7-17(19)23-15)27-11-13-28(14-12-27)22-16(2)24-18-8-4-6-10-20(18)26-22/h3-10H,11-14H2,1-2H3. The zero-order valence-corrected chi connectivity index (χ0v) is 16.1. The van der Waals surface area contributed by atoms with Crippen LogP contribution in [0.5, 0.6) is 0 Å². The highest BCUT2D eigenvalue weighted by Crippen LogP contribution is 2.24. The number of piperazine rings is 1. The van der Waals surface area contributed by atoms with Crippen LogP contribution in [0.2, 0.25) is 0 Å². The van der Waals surface area contributed by atoms with E-state index >= 15 is 0 Å². The minimum atomic E-state index is 0.891. The molecule has 0 radical (unpaired) electrons. The summed E-state index contributed by atoms with van der Waals surface area (Å²) in [4.78, 5) is 23.9. The molecule has 1 aliphatic heterocycles. The molecule has 0 bridgehead atoms. The summed E-state index contributed by atoms with van der Waals surface area (Å²) in [6.07, 6.45) is 0.